The first-order valence-electron chi connectivity index (χ1n) is 4.52. The maximum atomic E-state index is 10.5. The van der Waals surface area contributed by atoms with Gasteiger partial charge in [-0.15, -0.1) is 0 Å². The molecule has 1 saturated carbocycles. The molecule has 0 radical (unpaired) electrons. The van der Waals surface area contributed by atoms with Crippen LogP contribution in [0.4, 0.5) is 0 Å². The Morgan fingerprint density at radius 2 is 2.31 bits per heavy atom. The summed E-state index contributed by atoms with van der Waals surface area (Å²) in [6.07, 6.45) is 3.42. The normalized spacial score (nSPS) is 34.5. The first kappa shape index (κ1) is 11.0. The van der Waals surface area contributed by atoms with Crippen molar-refractivity contribution in [2.24, 2.45) is 5.92 Å². The van der Waals surface area contributed by atoms with E-state index in [0.717, 1.165) is 19.3 Å². The van der Waals surface area contributed by atoms with Crippen LogP contribution in [0, 0.1) is 5.92 Å². The zero-order chi connectivity index (χ0) is 9.84. The number of ether oxygens (including phenoxy) is 1. The molecule has 0 spiro atoms. The molecular formula is C9H15BrO3. The lowest BCUT2D eigenvalue weighted by Crippen LogP contribution is -2.30. The van der Waals surface area contributed by atoms with E-state index in [4.69, 9.17) is 9.84 Å². The summed E-state index contributed by atoms with van der Waals surface area (Å²) in [4.78, 5) is 10.8. The van der Waals surface area contributed by atoms with Gasteiger partial charge in [0.1, 0.15) is 0 Å². The third-order valence-electron chi connectivity index (χ3n) is 2.63. The number of carboxylic acid groups (broad SMARTS) is 1. The van der Waals surface area contributed by atoms with Gasteiger partial charge >= 0.3 is 5.97 Å². The van der Waals surface area contributed by atoms with E-state index in [1.807, 2.05) is 0 Å². The van der Waals surface area contributed by atoms with Crippen LogP contribution in [-0.4, -0.2) is 29.1 Å². The summed E-state index contributed by atoms with van der Waals surface area (Å²) in [6.45, 7) is 0. The second-order valence-corrected chi connectivity index (χ2v) is 4.72. The number of rotatable bonds is 3. The predicted molar refractivity (Wildman–Crippen MR) is 53.1 cm³/mol. The van der Waals surface area contributed by atoms with E-state index in [2.05, 4.69) is 15.9 Å². The lowest BCUT2D eigenvalue weighted by atomic mass is 9.85. The molecule has 4 heteroatoms. The highest BCUT2D eigenvalue weighted by atomic mass is 79.9. The van der Waals surface area contributed by atoms with Crippen LogP contribution in [0.25, 0.3) is 0 Å². The molecular weight excluding hydrogens is 236 g/mol. The maximum absolute atomic E-state index is 10.5. The number of alkyl halides is 1. The molecule has 1 fully saturated rings. The quantitative estimate of drug-likeness (QED) is 0.781. The summed E-state index contributed by atoms with van der Waals surface area (Å²) in [6, 6.07) is 0. The average Bonchev–Trinajstić information content (AvgIpc) is 2.08. The molecule has 1 rings (SSSR count). The third-order valence-corrected chi connectivity index (χ3v) is 3.75. The van der Waals surface area contributed by atoms with E-state index in [1.54, 1.807) is 7.11 Å². The minimum Gasteiger partial charge on any atom is -0.481 e. The first-order valence-corrected chi connectivity index (χ1v) is 5.43. The summed E-state index contributed by atoms with van der Waals surface area (Å²) < 4.78 is 5.24. The van der Waals surface area contributed by atoms with Gasteiger partial charge in [0.05, 0.1) is 6.10 Å². The first-order chi connectivity index (χ1) is 6.13. The third kappa shape index (κ3) is 3.27. The highest BCUT2D eigenvalue weighted by Gasteiger charge is 2.29. The molecule has 0 aliphatic heterocycles. The number of methoxy groups -OCH3 is 1. The Morgan fingerprint density at radius 3 is 2.77 bits per heavy atom. The molecule has 1 N–H and O–H groups in total. The molecule has 76 valence electrons. The van der Waals surface area contributed by atoms with Crippen LogP contribution in [-0.2, 0) is 9.53 Å². The zero-order valence-corrected chi connectivity index (χ0v) is 9.29. The molecule has 1 aliphatic rings. The Bertz CT molecular complexity index is 184. The van der Waals surface area contributed by atoms with E-state index in [0.29, 0.717) is 10.9 Å². The Morgan fingerprint density at radius 1 is 1.62 bits per heavy atom. The summed E-state index contributed by atoms with van der Waals surface area (Å²) in [5.74, 6) is -0.436. The Kier molecular flexibility index (Phi) is 4.19. The van der Waals surface area contributed by atoms with Gasteiger partial charge < -0.3 is 9.84 Å². The van der Waals surface area contributed by atoms with Gasteiger partial charge in [-0.05, 0) is 25.2 Å². The van der Waals surface area contributed by atoms with Crippen LogP contribution in [0.1, 0.15) is 25.7 Å². The summed E-state index contributed by atoms with van der Waals surface area (Å²) in [5, 5.41) is 8.65. The fourth-order valence-corrected chi connectivity index (χ4v) is 2.68. The van der Waals surface area contributed by atoms with Crippen molar-refractivity contribution in [2.45, 2.75) is 36.6 Å². The lowest BCUT2D eigenvalue weighted by Gasteiger charge is -2.31. The molecule has 3 atom stereocenters. The fourth-order valence-electron chi connectivity index (χ4n) is 1.81. The highest BCUT2D eigenvalue weighted by Crippen LogP contribution is 2.33. The lowest BCUT2D eigenvalue weighted by molar-refractivity contribution is -0.138. The summed E-state index contributed by atoms with van der Waals surface area (Å²) in [5.41, 5.74) is 0. The van der Waals surface area contributed by atoms with Crippen molar-refractivity contribution in [1.29, 1.82) is 0 Å². The Hall–Kier alpha value is -0.0900. The second kappa shape index (κ2) is 4.96. The van der Waals surface area contributed by atoms with Crippen LogP contribution in [0.5, 0.6) is 0 Å². The van der Waals surface area contributed by atoms with Gasteiger partial charge in [-0.25, -0.2) is 0 Å². The van der Waals surface area contributed by atoms with Gasteiger partial charge in [0, 0.05) is 18.4 Å². The van der Waals surface area contributed by atoms with Gasteiger partial charge in [0.25, 0.3) is 0 Å². The van der Waals surface area contributed by atoms with Crippen molar-refractivity contribution >= 4 is 21.9 Å². The zero-order valence-electron chi connectivity index (χ0n) is 7.70. The van der Waals surface area contributed by atoms with Crippen LogP contribution >= 0.6 is 15.9 Å². The van der Waals surface area contributed by atoms with Gasteiger partial charge in [-0.3, -0.25) is 4.79 Å². The topological polar surface area (TPSA) is 46.5 Å². The maximum Gasteiger partial charge on any atom is 0.303 e. The van der Waals surface area contributed by atoms with E-state index in [9.17, 15) is 4.79 Å². The molecule has 0 saturated heterocycles. The van der Waals surface area contributed by atoms with Gasteiger partial charge in [0.2, 0.25) is 0 Å². The molecule has 0 aromatic rings. The van der Waals surface area contributed by atoms with Crippen LogP contribution < -0.4 is 0 Å². The second-order valence-electron chi connectivity index (χ2n) is 3.54. The highest BCUT2D eigenvalue weighted by molar-refractivity contribution is 9.09. The smallest absolute Gasteiger partial charge is 0.303 e. The van der Waals surface area contributed by atoms with Crippen molar-refractivity contribution in [3.63, 3.8) is 0 Å². The van der Waals surface area contributed by atoms with Crippen molar-refractivity contribution in [3.8, 4) is 0 Å². The van der Waals surface area contributed by atoms with Gasteiger partial charge in [-0.1, -0.05) is 15.9 Å². The molecule has 13 heavy (non-hydrogen) atoms. The standard InChI is InChI=1S/C9H15BrO3/c1-13-7-3-2-6(4-9(11)12)8(10)5-7/h6-8H,2-5H2,1H3,(H,11,12). The van der Waals surface area contributed by atoms with Crippen molar-refractivity contribution in [2.75, 3.05) is 7.11 Å². The molecule has 0 heterocycles. The van der Waals surface area contributed by atoms with Crippen molar-refractivity contribution < 1.29 is 14.6 Å². The van der Waals surface area contributed by atoms with E-state index in [1.165, 1.54) is 0 Å². The molecule has 3 nitrogen and oxygen atoms in total. The van der Waals surface area contributed by atoms with Crippen molar-refractivity contribution in [1.82, 2.24) is 0 Å². The minimum absolute atomic E-state index is 0.267. The number of carbonyl (C=O) groups is 1. The number of aliphatic carboxylic acids is 1. The monoisotopic (exact) mass is 250 g/mol. The fraction of sp³-hybridized carbons (Fsp3) is 0.889. The van der Waals surface area contributed by atoms with Gasteiger partial charge in [0.15, 0.2) is 0 Å². The van der Waals surface area contributed by atoms with E-state index in [-0.39, 0.29) is 12.3 Å². The average molecular weight is 251 g/mol. The number of hydrogen-bond acceptors (Lipinski definition) is 2. The van der Waals surface area contributed by atoms with Crippen LogP contribution in [0.15, 0.2) is 0 Å². The number of carboxylic acids is 1. The van der Waals surface area contributed by atoms with Crippen LogP contribution in [0.2, 0.25) is 0 Å². The largest absolute Gasteiger partial charge is 0.481 e. The van der Waals surface area contributed by atoms with Gasteiger partial charge in [-0.2, -0.15) is 0 Å². The predicted octanol–water partition coefficient (Wildman–Crippen LogP) is 2.04. The SMILES string of the molecule is COC1CCC(CC(=O)O)C(Br)C1. The number of halogens is 1. The summed E-state index contributed by atoms with van der Waals surface area (Å²) in [7, 11) is 1.71. The molecule has 0 bridgehead atoms. The van der Waals surface area contributed by atoms with Crippen LogP contribution in [0.3, 0.4) is 0 Å². The molecule has 0 amide bonds. The van der Waals surface area contributed by atoms with E-state index >= 15 is 0 Å². The molecule has 1 aliphatic carbocycles. The Balaban J connectivity index is 2.39. The molecule has 0 aromatic heterocycles. The van der Waals surface area contributed by atoms with Crippen molar-refractivity contribution in [3.05, 3.63) is 0 Å². The number of hydrogen-bond donors (Lipinski definition) is 1. The van der Waals surface area contributed by atoms with E-state index < -0.39 is 5.97 Å². The minimum atomic E-state index is -0.703. The Labute approximate surface area is 86.6 Å². The summed E-state index contributed by atoms with van der Waals surface area (Å²) >= 11 is 3.52. The molecule has 0 aromatic carbocycles. The molecule has 3 unspecified atom stereocenters.